The lowest BCUT2D eigenvalue weighted by Gasteiger charge is -2.26. The Hall–Kier alpha value is -0.570. The van der Waals surface area contributed by atoms with Crippen molar-refractivity contribution in [3.05, 3.63) is 0 Å². The zero-order valence-electron chi connectivity index (χ0n) is 9.00. The van der Waals surface area contributed by atoms with Gasteiger partial charge in [-0.15, -0.1) is 0 Å². The summed E-state index contributed by atoms with van der Waals surface area (Å²) in [7, 11) is 0. The molecule has 0 saturated carbocycles. The summed E-state index contributed by atoms with van der Waals surface area (Å²) in [5.74, 6) is 0.236. The Kier molecular flexibility index (Phi) is 3.31. The number of hydrogen-bond donors (Lipinski definition) is 1. The molecular weight excluding hydrogens is 164 g/mol. The Bertz CT molecular complexity index is 191. The van der Waals surface area contributed by atoms with Gasteiger partial charge in [-0.25, -0.2) is 0 Å². The molecule has 1 rings (SSSR count). The first kappa shape index (κ1) is 10.5. The van der Waals surface area contributed by atoms with Crippen molar-refractivity contribution in [3.8, 4) is 0 Å². The Morgan fingerprint density at radius 3 is 2.62 bits per heavy atom. The van der Waals surface area contributed by atoms with Crippen LogP contribution >= 0.6 is 0 Å². The van der Waals surface area contributed by atoms with Crippen LogP contribution in [0.3, 0.4) is 0 Å². The fourth-order valence-electron chi connectivity index (χ4n) is 1.79. The van der Waals surface area contributed by atoms with Gasteiger partial charge in [0.1, 0.15) is 0 Å². The molecule has 2 atom stereocenters. The fraction of sp³-hybridized carbons (Fsp3) is 0.900. The molecule has 2 unspecified atom stereocenters. The molecule has 0 aromatic rings. The van der Waals surface area contributed by atoms with Crippen LogP contribution in [0.4, 0.5) is 0 Å². The van der Waals surface area contributed by atoms with Crippen molar-refractivity contribution in [1.82, 2.24) is 10.2 Å². The molecule has 3 heteroatoms. The topological polar surface area (TPSA) is 32.3 Å². The first-order valence-corrected chi connectivity index (χ1v) is 5.09. The quantitative estimate of drug-likeness (QED) is 0.659. The van der Waals surface area contributed by atoms with Gasteiger partial charge < -0.3 is 10.2 Å². The predicted molar refractivity (Wildman–Crippen MR) is 53.5 cm³/mol. The second-order valence-electron chi connectivity index (χ2n) is 4.20. The zero-order valence-corrected chi connectivity index (χ0v) is 9.00. The Balaban J connectivity index is 2.70. The lowest BCUT2D eigenvalue weighted by molar-refractivity contribution is -0.133. The molecule has 1 saturated heterocycles. The van der Waals surface area contributed by atoms with Crippen LogP contribution in [0.5, 0.6) is 0 Å². The van der Waals surface area contributed by atoms with Crippen molar-refractivity contribution in [2.24, 2.45) is 0 Å². The number of carbonyl (C=O) groups excluding carboxylic acids is 1. The molecule has 1 amide bonds. The summed E-state index contributed by atoms with van der Waals surface area (Å²) in [4.78, 5) is 13.8. The average Bonchev–Trinajstić information content (AvgIpc) is 2.13. The Morgan fingerprint density at radius 2 is 2.08 bits per heavy atom. The normalized spacial score (nSPS) is 30.8. The van der Waals surface area contributed by atoms with Gasteiger partial charge in [0.05, 0.1) is 6.04 Å². The largest absolute Gasteiger partial charge is 0.339 e. The molecule has 13 heavy (non-hydrogen) atoms. The number of amides is 1. The first-order valence-electron chi connectivity index (χ1n) is 5.09. The van der Waals surface area contributed by atoms with Crippen LogP contribution in [0.1, 0.15) is 34.1 Å². The SMILES string of the molecule is CC1CCN(C(C)C)C(=O)C(C)N1. The van der Waals surface area contributed by atoms with E-state index in [1.807, 2.05) is 11.8 Å². The van der Waals surface area contributed by atoms with Gasteiger partial charge in [0.25, 0.3) is 0 Å². The number of hydrogen-bond acceptors (Lipinski definition) is 2. The molecule has 0 aliphatic carbocycles. The van der Waals surface area contributed by atoms with Gasteiger partial charge in [-0.1, -0.05) is 0 Å². The van der Waals surface area contributed by atoms with E-state index >= 15 is 0 Å². The van der Waals surface area contributed by atoms with E-state index in [1.165, 1.54) is 0 Å². The number of nitrogens with zero attached hydrogens (tertiary/aromatic N) is 1. The van der Waals surface area contributed by atoms with E-state index in [4.69, 9.17) is 0 Å². The molecule has 0 bridgehead atoms. The molecule has 1 aliphatic heterocycles. The van der Waals surface area contributed by atoms with Gasteiger partial charge in [-0.3, -0.25) is 4.79 Å². The maximum atomic E-state index is 11.8. The van der Waals surface area contributed by atoms with E-state index in [-0.39, 0.29) is 11.9 Å². The highest BCUT2D eigenvalue weighted by atomic mass is 16.2. The van der Waals surface area contributed by atoms with E-state index in [0.717, 1.165) is 13.0 Å². The molecular formula is C10H20N2O. The molecule has 1 N–H and O–H groups in total. The monoisotopic (exact) mass is 184 g/mol. The third-order valence-electron chi connectivity index (χ3n) is 2.61. The summed E-state index contributed by atoms with van der Waals surface area (Å²) >= 11 is 0. The smallest absolute Gasteiger partial charge is 0.239 e. The minimum Gasteiger partial charge on any atom is -0.339 e. The van der Waals surface area contributed by atoms with Crippen LogP contribution in [0.25, 0.3) is 0 Å². The molecule has 0 aromatic heterocycles. The van der Waals surface area contributed by atoms with E-state index in [2.05, 4.69) is 26.1 Å². The summed E-state index contributed by atoms with van der Waals surface area (Å²) in [5, 5.41) is 3.29. The summed E-state index contributed by atoms with van der Waals surface area (Å²) in [6, 6.07) is 0.740. The number of nitrogens with one attached hydrogen (secondary N) is 1. The predicted octanol–water partition coefficient (Wildman–Crippen LogP) is 0.994. The fourth-order valence-corrected chi connectivity index (χ4v) is 1.79. The summed E-state index contributed by atoms with van der Waals surface area (Å²) < 4.78 is 0. The molecule has 1 heterocycles. The van der Waals surface area contributed by atoms with Crippen LogP contribution in [-0.4, -0.2) is 35.5 Å². The van der Waals surface area contributed by atoms with Crippen molar-refractivity contribution in [2.45, 2.75) is 52.2 Å². The highest BCUT2D eigenvalue weighted by Crippen LogP contribution is 2.09. The van der Waals surface area contributed by atoms with Crippen LogP contribution in [-0.2, 0) is 4.79 Å². The van der Waals surface area contributed by atoms with Gasteiger partial charge >= 0.3 is 0 Å². The molecule has 1 fully saturated rings. The lowest BCUT2D eigenvalue weighted by Crippen LogP contribution is -2.45. The van der Waals surface area contributed by atoms with Crippen molar-refractivity contribution < 1.29 is 4.79 Å². The molecule has 76 valence electrons. The lowest BCUT2D eigenvalue weighted by atomic mass is 10.2. The van der Waals surface area contributed by atoms with Gasteiger partial charge in [-0.05, 0) is 34.1 Å². The van der Waals surface area contributed by atoms with Crippen LogP contribution < -0.4 is 5.32 Å². The van der Waals surface area contributed by atoms with Crippen molar-refractivity contribution in [2.75, 3.05) is 6.54 Å². The number of carbonyl (C=O) groups is 1. The van der Waals surface area contributed by atoms with Crippen molar-refractivity contribution >= 4 is 5.91 Å². The minimum absolute atomic E-state index is 0.0279. The first-order chi connectivity index (χ1) is 6.02. The van der Waals surface area contributed by atoms with E-state index in [9.17, 15) is 4.79 Å². The summed E-state index contributed by atoms with van der Waals surface area (Å²) in [5.41, 5.74) is 0. The highest BCUT2D eigenvalue weighted by molar-refractivity contribution is 5.82. The number of rotatable bonds is 1. The van der Waals surface area contributed by atoms with Crippen molar-refractivity contribution in [1.29, 1.82) is 0 Å². The van der Waals surface area contributed by atoms with Gasteiger partial charge in [-0.2, -0.15) is 0 Å². The maximum absolute atomic E-state index is 11.8. The van der Waals surface area contributed by atoms with E-state index in [1.54, 1.807) is 0 Å². The Labute approximate surface area is 80.5 Å². The van der Waals surface area contributed by atoms with E-state index < -0.39 is 0 Å². The third-order valence-corrected chi connectivity index (χ3v) is 2.61. The second-order valence-corrected chi connectivity index (χ2v) is 4.20. The van der Waals surface area contributed by atoms with E-state index in [0.29, 0.717) is 12.1 Å². The third kappa shape index (κ3) is 2.44. The standard InChI is InChI=1S/C10H20N2O/c1-7(2)12-6-5-8(3)11-9(4)10(12)13/h7-9,11H,5-6H2,1-4H3. The summed E-state index contributed by atoms with van der Waals surface area (Å²) in [6.45, 7) is 9.10. The van der Waals surface area contributed by atoms with Crippen LogP contribution in [0.2, 0.25) is 0 Å². The Morgan fingerprint density at radius 1 is 1.46 bits per heavy atom. The van der Waals surface area contributed by atoms with Crippen LogP contribution in [0.15, 0.2) is 0 Å². The molecule has 0 spiro atoms. The second kappa shape index (κ2) is 4.09. The molecule has 0 radical (unpaired) electrons. The van der Waals surface area contributed by atoms with Crippen molar-refractivity contribution in [3.63, 3.8) is 0 Å². The van der Waals surface area contributed by atoms with Gasteiger partial charge in [0.15, 0.2) is 0 Å². The maximum Gasteiger partial charge on any atom is 0.239 e. The average molecular weight is 184 g/mol. The highest BCUT2D eigenvalue weighted by Gasteiger charge is 2.27. The molecule has 1 aliphatic rings. The zero-order chi connectivity index (χ0) is 10.0. The minimum atomic E-state index is -0.0279. The van der Waals surface area contributed by atoms with Gasteiger partial charge in [0, 0.05) is 18.6 Å². The molecule has 3 nitrogen and oxygen atoms in total. The van der Waals surface area contributed by atoms with Crippen LogP contribution in [0, 0.1) is 0 Å². The molecule has 0 aromatic carbocycles. The van der Waals surface area contributed by atoms with Gasteiger partial charge in [0.2, 0.25) is 5.91 Å². The summed E-state index contributed by atoms with van der Waals surface area (Å²) in [6.07, 6.45) is 1.05.